The van der Waals surface area contributed by atoms with Crippen molar-refractivity contribution in [3.8, 4) is 17.2 Å². The zero-order chi connectivity index (χ0) is 28.2. The first-order valence-electron chi connectivity index (χ1n) is 13.6. The minimum Gasteiger partial charge on any atom is -0.507 e. The summed E-state index contributed by atoms with van der Waals surface area (Å²) < 4.78 is 17.3. The number of carbonyl (C=O) groups excluding carboxylic acids is 2. The Morgan fingerprint density at radius 3 is 2.27 bits per heavy atom. The number of ether oxygens (including phenoxy) is 3. The molecule has 0 bridgehead atoms. The lowest BCUT2D eigenvalue weighted by Gasteiger charge is -2.26. The topological polar surface area (TPSA) is 85.3 Å². The largest absolute Gasteiger partial charge is 0.507 e. The molecule has 7 heteroatoms. The van der Waals surface area contributed by atoms with Crippen molar-refractivity contribution in [3.63, 3.8) is 0 Å². The first-order chi connectivity index (χ1) is 20.1. The molecule has 1 saturated heterocycles. The van der Waals surface area contributed by atoms with Gasteiger partial charge in [0.15, 0.2) is 11.5 Å². The van der Waals surface area contributed by atoms with E-state index in [1.165, 1.54) is 4.90 Å². The van der Waals surface area contributed by atoms with Crippen molar-refractivity contribution in [2.24, 2.45) is 0 Å². The third kappa shape index (κ3) is 5.52. The van der Waals surface area contributed by atoms with Gasteiger partial charge in [-0.15, -0.1) is 0 Å². The van der Waals surface area contributed by atoms with Crippen LogP contribution in [0.2, 0.25) is 0 Å². The Labute approximate surface area is 238 Å². The number of nitrogens with zero attached hydrogens (tertiary/aromatic N) is 1. The Morgan fingerprint density at radius 2 is 1.51 bits per heavy atom. The van der Waals surface area contributed by atoms with Crippen LogP contribution >= 0.6 is 0 Å². The molecule has 206 valence electrons. The summed E-state index contributed by atoms with van der Waals surface area (Å²) in [6.45, 7) is 1.49. The summed E-state index contributed by atoms with van der Waals surface area (Å²) in [6, 6.07) is 31.1. The Bertz CT molecular complexity index is 1600. The highest BCUT2D eigenvalue weighted by atomic mass is 16.6. The van der Waals surface area contributed by atoms with E-state index in [1.807, 2.05) is 84.9 Å². The molecule has 1 atom stereocenters. The fourth-order valence-electron chi connectivity index (χ4n) is 5.21. The number of likely N-dealkylation sites (tertiary alicyclic amines) is 1. The third-order valence-electron chi connectivity index (χ3n) is 7.26. The van der Waals surface area contributed by atoms with Crippen LogP contribution in [0.1, 0.15) is 28.3 Å². The normalized spacial score (nSPS) is 17.5. The molecule has 7 nitrogen and oxygen atoms in total. The molecule has 6 rings (SSSR count). The zero-order valence-electron chi connectivity index (χ0n) is 22.4. The van der Waals surface area contributed by atoms with E-state index in [2.05, 4.69) is 0 Å². The van der Waals surface area contributed by atoms with Gasteiger partial charge in [0.1, 0.15) is 31.3 Å². The summed E-state index contributed by atoms with van der Waals surface area (Å²) in [5.74, 6) is -0.00319. The number of hydrogen-bond donors (Lipinski definition) is 1. The third-order valence-corrected chi connectivity index (χ3v) is 7.26. The second-order valence-corrected chi connectivity index (χ2v) is 9.93. The van der Waals surface area contributed by atoms with E-state index in [9.17, 15) is 14.7 Å². The zero-order valence-corrected chi connectivity index (χ0v) is 22.4. The maximum Gasteiger partial charge on any atom is 0.295 e. The summed E-state index contributed by atoms with van der Waals surface area (Å²) >= 11 is 0. The number of fused-ring (bicyclic) bond motifs is 1. The molecule has 2 aliphatic rings. The molecule has 41 heavy (non-hydrogen) atoms. The number of Topliss-reactive ketones (excluding diaryl/α,β-unsaturated/α-hetero) is 1. The molecule has 0 aromatic heterocycles. The Kier molecular flexibility index (Phi) is 7.41. The van der Waals surface area contributed by atoms with Crippen LogP contribution in [-0.2, 0) is 22.6 Å². The van der Waals surface area contributed by atoms with Gasteiger partial charge in [0, 0.05) is 12.1 Å². The second kappa shape index (κ2) is 11.6. The molecule has 0 saturated carbocycles. The van der Waals surface area contributed by atoms with Crippen molar-refractivity contribution in [2.45, 2.75) is 19.1 Å². The van der Waals surface area contributed by atoms with Crippen molar-refractivity contribution in [2.75, 3.05) is 19.8 Å². The van der Waals surface area contributed by atoms with Gasteiger partial charge in [0.05, 0.1) is 11.6 Å². The van der Waals surface area contributed by atoms with Crippen LogP contribution in [0.5, 0.6) is 17.2 Å². The number of amides is 1. The van der Waals surface area contributed by atoms with E-state index in [-0.39, 0.29) is 11.3 Å². The van der Waals surface area contributed by atoms with E-state index >= 15 is 0 Å². The van der Waals surface area contributed by atoms with Crippen LogP contribution < -0.4 is 14.2 Å². The Morgan fingerprint density at radius 1 is 0.805 bits per heavy atom. The number of benzene rings is 4. The predicted octanol–water partition coefficient (Wildman–Crippen LogP) is 5.70. The van der Waals surface area contributed by atoms with Gasteiger partial charge in [-0.1, -0.05) is 72.8 Å². The lowest BCUT2D eigenvalue weighted by Crippen LogP contribution is -2.31. The predicted molar refractivity (Wildman–Crippen MR) is 154 cm³/mol. The van der Waals surface area contributed by atoms with E-state index in [4.69, 9.17) is 14.2 Å². The van der Waals surface area contributed by atoms with Crippen LogP contribution in [-0.4, -0.2) is 41.5 Å². The molecule has 1 N–H and O–H groups in total. The van der Waals surface area contributed by atoms with Gasteiger partial charge in [-0.2, -0.15) is 0 Å². The highest BCUT2D eigenvalue weighted by Gasteiger charge is 2.46. The number of ketones is 1. The molecule has 0 spiro atoms. The van der Waals surface area contributed by atoms with Gasteiger partial charge in [0.2, 0.25) is 0 Å². The first kappa shape index (κ1) is 26.2. The minimum atomic E-state index is -0.799. The number of rotatable bonds is 8. The molecule has 1 amide bonds. The monoisotopic (exact) mass is 547 g/mol. The van der Waals surface area contributed by atoms with Gasteiger partial charge < -0.3 is 24.2 Å². The molecule has 0 radical (unpaired) electrons. The van der Waals surface area contributed by atoms with E-state index in [0.29, 0.717) is 61.2 Å². The molecule has 4 aromatic rings. The highest BCUT2D eigenvalue weighted by Crippen LogP contribution is 2.42. The minimum absolute atomic E-state index is 0.0277. The first-order valence-corrected chi connectivity index (χ1v) is 13.6. The quantitative estimate of drug-likeness (QED) is 0.173. The van der Waals surface area contributed by atoms with Crippen LogP contribution in [0, 0.1) is 0 Å². The summed E-state index contributed by atoms with van der Waals surface area (Å²) in [5, 5.41) is 11.5. The lowest BCUT2D eigenvalue weighted by molar-refractivity contribution is -0.139. The molecule has 0 aliphatic carbocycles. The summed E-state index contributed by atoms with van der Waals surface area (Å²) in [5.41, 5.74) is 3.13. The Balaban J connectivity index is 1.38. The maximum absolute atomic E-state index is 13.5. The highest BCUT2D eigenvalue weighted by molar-refractivity contribution is 6.46. The van der Waals surface area contributed by atoms with E-state index in [0.717, 1.165) is 11.1 Å². The number of aliphatic hydroxyl groups is 1. The molecular formula is C34H29NO6. The molecular weight excluding hydrogens is 518 g/mol. The number of carbonyl (C=O) groups is 2. The van der Waals surface area contributed by atoms with Crippen molar-refractivity contribution >= 4 is 17.4 Å². The molecule has 2 aliphatic heterocycles. The Hall–Kier alpha value is -5.04. The van der Waals surface area contributed by atoms with Crippen LogP contribution in [0.25, 0.3) is 5.76 Å². The smallest absolute Gasteiger partial charge is 0.295 e. The fourth-order valence-corrected chi connectivity index (χ4v) is 5.21. The molecule has 1 fully saturated rings. The number of hydrogen-bond acceptors (Lipinski definition) is 6. The van der Waals surface area contributed by atoms with Crippen molar-refractivity contribution in [1.82, 2.24) is 4.90 Å². The SMILES string of the molecule is O=C1C(=O)N(CCc2ccccc2)[C@H](c2cccc(OCc3ccccc3)c2)C1=C(O)c1ccc2c(c1)OCCO2. The standard InChI is InChI=1S/C34H29NO6/c36-32(26-14-15-28-29(21-26)40-19-18-39-28)30-31(35(34(38)33(30)37)17-16-23-8-3-1-4-9-23)25-12-7-13-27(20-25)41-22-24-10-5-2-6-11-24/h1-15,20-21,31,36H,16-19,22H2/t31-/m1/s1. The van der Waals surface area contributed by atoms with Crippen molar-refractivity contribution in [1.29, 1.82) is 0 Å². The van der Waals surface area contributed by atoms with Gasteiger partial charge in [-0.05, 0) is 53.4 Å². The van der Waals surface area contributed by atoms with Gasteiger partial charge in [-0.3, -0.25) is 9.59 Å². The molecule has 4 aromatic carbocycles. The van der Waals surface area contributed by atoms with Crippen LogP contribution in [0.3, 0.4) is 0 Å². The summed E-state index contributed by atoms with van der Waals surface area (Å²) in [6.07, 6.45) is 0.554. The van der Waals surface area contributed by atoms with Gasteiger partial charge in [-0.25, -0.2) is 0 Å². The summed E-state index contributed by atoms with van der Waals surface area (Å²) in [4.78, 5) is 28.5. The molecule has 2 heterocycles. The lowest BCUT2D eigenvalue weighted by atomic mass is 9.95. The fraction of sp³-hybridized carbons (Fsp3) is 0.176. The number of aliphatic hydroxyl groups excluding tert-OH is 1. The second-order valence-electron chi connectivity index (χ2n) is 9.93. The van der Waals surface area contributed by atoms with Gasteiger partial charge >= 0.3 is 0 Å². The average molecular weight is 548 g/mol. The van der Waals surface area contributed by atoms with Gasteiger partial charge in [0.25, 0.3) is 11.7 Å². The van der Waals surface area contributed by atoms with Crippen LogP contribution in [0.15, 0.2) is 109 Å². The van der Waals surface area contributed by atoms with E-state index in [1.54, 1.807) is 18.2 Å². The van der Waals surface area contributed by atoms with Crippen molar-refractivity contribution < 1.29 is 28.9 Å². The molecule has 0 unspecified atom stereocenters. The summed E-state index contributed by atoms with van der Waals surface area (Å²) in [7, 11) is 0. The van der Waals surface area contributed by atoms with Crippen molar-refractivity contribution in [3.05, 3.63) is 131 Å². The van der Waals surface area contributed by atoms with E-state index < -0.39 is 17.7 Å². The maximum atomic E-state index is 13.5. The average Bonchev–Trinajstić information content (AvgIpc) is 3.28. The van der Waals surface area contributed by atoms with Crippen LogP contribution in [0.4, 0.5) is 0 Å².